The number of unbranched alkanes of at least 4 members (excludes halogenated alkanes) is 1. The van der Waals surface area contributed by atoms with Crippen LogP contribution in [-0.4, -0.2) is 25.1 Å². The van der Waals surface area contributed by atoms with Crippen molar-refractivity contribution in [3.05, 3.63) is 41.0 Å². The highest BCUT2D eigenvalue weighted by molar-refractivity contribution is 5.45. The third-order valence-electron chi connectivity index (χ3n) is 6.80. The molecule has 3 heteroatoms. The van der Waals surface area contributed by atoms with Gasteiger partial charge in [0.05, 0.1) is 6.61 Å². The molecule has 3 atom stereocenters. The number of hydrogen-bond acceptors (Lipinski definition) is 3. The monoisotopic (exact) mass is 408 g/mol. The SMILES string of the molecule is CC1=CC[C@@H]2[C@@H](C1)c1ccc(CC#CCCCOC3CCCCO3)cc1OC2(C)C. The molecule has 0 amide bonds. The Labute approximate surface area is 182 Å². The molecular formula is C27H36O3. The van der Waals surface area contributed by atoms with Gasteiger partial charge in [0.2, 0.25) is 0 Å². The fourth-order valence-corrected chi connectivity index (χ4v) is 5.07. The van der Waals surface area contributed by atoms with E-state index in [-0.39, 0.29) is 11.9 Å². The first-order valence-corrected chi connectivity index (χ1v) is 11.7. The van der Waals surface area contributed by atoms with Gasteiger partial charge in [-0.25, -0.2) is 0 Å². The van der Waals surface area contributed by atoms with Gasteiger partial charge in [0.1, 0.15) is 11.4 Å². The zero-order valence-electron chi connectivity index (χ0n) is 18.8. The lowest BCUT2D eigenvalue weighted by atomic mass is 9.67. The number of ether oxygens (including phenoxy) is 3. The van der Waals surface area contributed by atoms with Crippen molar-refractivity contribution in [1.29, 1.82) is 0 Å². The van der Waals surface area contributed by atoms with Crippen LogP contribution in [0.3, 0.4) is 0 Å². The minimum absolute atomic E-state index is 0.00879. The Morgan fingerprint density at radius 1 is 1.20 bits per heavy atom. The van der Waals surface area contributed by atoms with Crippen molar-refractivity contribution in [1.82, 2.24) is 0 Å². The van der Waals surface area contributed by atoms with E-state index in [1.165, 1.54) is 23.1 Å². The predicted molar refractivity (Wildman–Crippen MR) is 121 cm³/mol. The molecule has 0 aromatic heterocycles. The average molecular weight is 409 g/mol. The average Bonchev–Trinajstić information content (AvgIpc) is 2.73. The van der Waals surface area contributed by atoms with Gasteiger partial charge in [-0.1, -0.05) is 29.7 Å². The molecule has 4 rings (SSSR count). The van der Waals surface area contributed by atoms with E-state index in [4.69, 9.17) is 14.2 Å². The predicted octanol–water partition coefficient (Wildman–Crippen LogP) is 6.17. The van der Waals surface area contributed by atoms with Crippen molar-refractivity contribution in [2.24, 2.45) is 5.92 Å². The summed E-state index contributed by atoms with van der Waals surface area (Å²) >= 11 is 0. The molecule has 1 saturated heterocycles. The largest absolute Gasteiger partial charge is 0.487 e. The second-order valence-corrected chi connectivity index (χ2v) is 9.58. The normalized spacial score (nSPS) is 27.0. The van der Waals surface area contributed by atoms with Crippen LogP contribution in [0.25, 0.3) is 0 Å². The summed E-state index contributed by atoms with van der Waals surface area (Å²) < 4.78 is 17.8. The Bertz CT molecular complexity index is 820. The molecule has 3 nitrogen and oxygen atoms in total. The van der Waals surface area contributed by atoms with Gasteiger partial charge in [0.25, 0.3) is 0 Å². The van der Waals surface area contributed by atoms with Crippen LogP contribution in [0.2, 0.25) is 0 Å². The molecule has 1 aromatic rings. The number of fused-ring (bicyclic) bond motifs is 3. The highest BCUT2D eigenvalue weighted by Crippen LogP contribution is 2.51. The van der Waals surface area contributed by atoms with E-state index in [1.807, 2.05) is 0 Å². The summed E-state index contributed by atoms with van der Waals surface area (Å²) in [6.07, 6.45) is 10.7. The number of rotatable bonds is 5. The highest BCUT2D eigenvalue weighted by Gasteiger charge is 2.44. The number of allylic oxidation sites excluding steroid dienone is 2. The fourth-order valence-electron chi connectivity index (χ4n) is 5.07. The van der Waals surface area contributed by atoms with Gasteiger partial charge in [0, 0.05) is 25.4 Å². The van der Waals surface area contributed by atoms with Crippen molar-refractivity contribution in [2.75, 3.05) is 13.2 Å². The summed E-state index contributed by atoms with van der Waals surface area (Å²) in [6, 6.07) is 6.75. The maximum atomic E-state index is 6.48. The third kappa shape index (κ3) is 5.10. The van der Waals surface area contributed by atoms with E-state index < -0.39 is 0 Å². The van der Waals surface area contributed by atoms with E-state index >= 15 is 0 Å². The Morgan fingerprint density at radius 3 is 2.93 bits per heavy atom. The van der Waals surface area contributed by atoms with Gasteiger partial charge in [-0.2, -0.15) is 0 Å². The molecule has 0 radical (unpaired) electrons. The van der Waals surface area contributed by atoms with Crippen LogP contribution in [0.15, 0.2) is 29.8 Å². The maximum Gasteiger partial charge on any atom is 0.157 e. The number of hydrogen-bond donors (Lipinski definition) is 0. The van der Waals surface area contributed by atoms with E-state index in [0.29, 0.717) is 11.8 Å². The van der Waals surface area contributed by atoms with Crippen molar-refractivity contribution in [3.63, 3.8) is 0 Å². The van der Waals surface area contributed by atoms with Gasteiger partial charge >= 0.3 is 0 Å². The van der Waals surface area contributed by atoms with Crippen LogP contribution in [-0.2, 0) is 15.9 Å². The lowest BCUT2D eigenvalue weighted by molar-refractivity contribution is -0.162. The van der Waals surface area contributed by atoms with Gasteiger partial charge < -0.3 is 14.2 Å². The van der Waals surface area contributed by atoms with Gasteiger partial charge in [-0.3, -0.25) is 0 Å². The number of benzene rings is 1. The zero-order valence-corrected chi connectivity index (χ0v) is 18.8. The zero-order chi connectivity index (χ0) is 21.0. The highest BCUT2D eigenvalue weighted by atomic mass is 16.7. The molecule has 162 valence electrons. The topological polar surface area (TPSA) is 27.7 Å². The molecule has 30 heavy (non-hydrogen) atoms. The van der Waals surface area contributed by atoms with Crippen LogP contribution in [0.1, 0.15) is 82.8 Å². The van der Waals surface area contributed by atoms with Gasteiger partial charge in [-0.15, -0.1) is 5.92 Å². The van der Waals surface area contributed by atoms with E-state index in [9.17, 15) is 0 Å². The van der Waals surface area contributed by atoms with E-state index in [1.54, 1.807) is 0 Å². The van der Waals surface area contributed by atoms with Crippen LogP contribution < -0.4 is 4.74 Å². The first kappa shape index (κ1) is 21.5. The van der Waals surface area contributed by atoms with Crippen molar-refractivity contribution in [2.45, 2.75) is 89.9 Å². The molecule has 2 heterocycles. The lowest BCUT2D eigenvalue weighted by Crippen LogP contribution is -2.45. The van der Waals surface area contributed by atoms with E-state index in [0.717, 1.165) is 63.9 Å². The summed E-state index contributed by atoms with van der Waals surface area (Å²) in [7, 11) is 0. The summed E-state index contributed by atoms with van der Waals surface area (Å²) in [5, 5.41) is 0. The molecule has 1 aromatic carbocycles. The molecule has 0 saturated carbocycles. The van der Waals surface area contributed by atoms with Crippen molar-refractivity contribution in [3.8, 4) is 17.6 Å². The summed E-state index contributed by atoms with van der Waals surface area (Å²) in [5.74, 6) is 8.82. The van der Waals surface area contributed by atoms with Gasteiger partial charge in [0.15, 0.2) is 6.29 Å². The smallest absolute Gasteiger partial charge is 0.157 e. The molecule has 1 unspecified atom stereocenters. The van der Waals surface area contributed by atoms with Crippen LogP contribution in [0, 0.1) is 17.8 Å². The van der Waals surface area contributed by atoms with Crippen LogP contribution in [0.4, 0.5) is 0 Å². The Hall–Kier alpha value is -1.76. The molecule has 1 fully saturated rings. The summed E-state index contributed by atoms with van der Waals surface area (Å²) in [5.41, 5.74) is 4.01. The minimum atomic E-state index is -0.124. The molecule has 0 N–H and O–H groups in total. The standard InChI is InChI=1S/C27H36O3/c1-20-12-15-24-23(18-20)22-14-13-21(19-25(22)30-27(24,2)3)10-6-4-5-8-16-28-26-11-7-9-17-29-26/h12-14,19,23-24,26H,5,7-11,15-18H2,1-3H3/t23-,24+,26?/m0/s1. The Morgan fingerprint density at radius 2 is 2.10 bits per heavy atom. The van der Waals surface area contributed by atoms with Gasteiger partial charge in [-0.05, 0) is 82.4 Å². The molecule has 0 bridgehead atoms. The second kappa shape index (κ2) is 9.58. The van der Waals surface area contributed by atoms with Crippen LogP contribution in [0.5, 0.6) is 5.75 Å². The first-order valence-electron chi connectivity index (χ1n) is 11.7. The van der Waals surface area contributed by atoms with E-state index in [2.05, 4.69) is 56.9 Å². The molecule has 1 aliphatic carbocycles. The minimum Gasteiger partial charge on any atom is -0.487 e. The Kier molecular flexibility index (Phi) is 6.86. The second-order valence-electron chi connectivity index (χ2n) is 9.58. The van der Waals surface area contributed by atoms with Crippen molar-refractivity contribution >= 4 is 0 Å². The first-order chi connectivity index (χ1) is 14.5. The third-order valence-corrected chi connectivity index (χ3v) is 6.80. The van der Waals surface area contributed by atoms with Crippen LogP contribution >= 0.6 is 0 Å². The maximum absolute atomic E-state index is 6.48. The molecule has 3 aliphatic rings. The quantitative estimate of drug-likeness (QED) is 0.331. The molecule has 2 aliphatic heterocycles. The molecular weight excluding hydrogens is 372 g/mol. The lowest BCUT2D eigenvalue weighted by Gasteiger charge is -2.47. The Balaban J connectivity index is 1.30. The fraction of sp³-hybridized carbons (Fsp3) is 0.630. The summed E-state index contributed by atoms with van der Waals surface area (Å²) in [6.45, 7) is 8.32. The molecule has 0 spiro atoms. The summed E-state index contributed by atoms with van der Waals surface area (Å²) in [4.78, 5) is 0. The van der Waals surface area contributed by atoms with Crippen molar-refractivity contribution < 1.29 is 14.2 Å².